The lowest BCUT2D eigenvalue weighted by molar-refractivity contribution is 0.652. The van der Waals surface area contributed by atoms with E-state index in [9.17, 15) is 0 Å². The molecule has 0 saturated carbocycles. The Morgan fingerprint density at radius 3 is 2.12 bits per heavy atom. The zero-order chi connectivity index (χ0) is 11.7. The fourth-order valence-corrected chi connectivity index (χ4v) is 40.2. The molecule has 0 bridgehead atoms. The van der Waals surface area contributed by atoms with E-state index < -0.39 is 0 Å². The Morgan fingerprint density at radius 1 is 1.12 bits per heavy atom. The Hall–Kier alpha value is 3.87. The molecule has 0 aromatic rings. The van der Waals surface area contributed by atoms with Crippen LogP contribution in [0.5, 0.6) is 0 Å². The van der Waals surface area contributed by atoms with Gasteiger partial charge in [0, 0.05) is 5.40 Å². The van der Waals surface area contributed by atoms with Crippen molar-refractivity contribution in [3.63, 3.8) is 0 Å². The molecule has 0 aliphatic carbocycles. The van der Waals surface area contributed by atoms with Crippen LogP contribution in [0.4, 0.5) is 0 Å². The highest BCUT2D eigenvalue weighted by atomic mass is 33.0. The van der Waals surface area contributed by atoms with Crippen LogP contribution in [0, 0.1) is 0 Å². The van der Waals surface area contributed by atoms with Gasteiger partial charge in [0.2, 0.25) is 0 Å². The molecule has 0 N–H and O–H groups in total. The van der Waals surface area contributed by atoms with Gasteiger partial charge in [-0.25, -0.2) is 0 Å². The third-order valence-electron chi connectivity index (χ3n) is 2.16. The highest BCUT2D eigenvalue weighted by Crippen LogP contribution is 2.95. The first-order valence-electron chi connectivity index (χ1n) is 5.19. The van der Waals surface area contributed by atoms with Crippen molar-refractivity contribution in [2.45, 2.75) is 51.9 Å². The van der Waals surface area contributed by atoms with Crippen molar-refractivity contribution in [3.8, 4) is 0 Å². The van der Waals surface area contributed by atoms with Gasteiger partial charge >= 0.3 is 0 Å². The van der Waals surface area contributed by atoms with Crippen molar-refractivity contribution < 1.29 is 0 Å². The van der Waals surface area contributed by atoms with E-state index in [1.54, 1.807) is 0 Å². The number of rotatable bonds is 9. The van der Waals surface area contributed by atoms with Gasteiger partial charge in [-0.2, -0.15) is 9.90 Å². The lowest BCUT2D eigenvalue weighted by atomic mass is 10.2. The van der Waals surface area contributed by atoms with E-state index in [1.165, 1.54) is 32.1 Å². The summed E-state index contributed by atoms with van der Waals surface area (Å²) in [6.07, 6.45) is 7.07. The highest BCUT2D eigenvalue weighted by Gasteiger charge is 2.20. The van der Waals surface area contributed by atoms with E-state index in [0.29, 0.717) is 0 Å². The first-order chi connectivity index (χ1) is 7.17. The zero-order valence-corrected chi connectivity index (χ0v) is 19.8. The lowest BCUT2D eigenvalue weighted by Gasteiger charge is -2.28. The molecule has 108 valence electrons. The van der Waals surface area contributed by atoms with Gasteiger partial charge in [0.15, 0.2) is 0 Å². The maximum absolute atomic E-state index is 3.12. The van der Waals surface area contributed by atoms with Gasteiger partial charge in [0.05, 0.1) is 0 Å². The highest BCUT2D eigenvalue weighted by molar-refractivity contribution is 8.94. The zero-order valence-electron chi connectivity index (χ0n) is 10.0. The second-order valence-corrected chi connectivity index (χ2v) is 25.6. The van der Waals surface area contributed by atoms with Crippen LogP contribution in [-0.2, 0) is 0 Å². The van der Waals surface area contributed by atoms with Crippen LogP contribution in [-0.4, -0.2) is 5.40 Å². The molecule has 17 heavy (non-hydrogen) atoms. The molecule has 0 rings (SSSR count). The molecule has 9 heteroatoms. The van der Waals surface area contributed by atoms with Crippen LogP contribution in [0.2, 0.25) is 0 Å². The fraction of sp³-hybridized carbons (Fsp3) is 1.00. The second kappa shape index (κ2) is 17.9. The predicted molar refractivity (Wildman–Crippen MR) is 120 cm³/mol. The average molecular weight is 406 g/mol. The summed E-state index contributed by atoms with van der Waals surface area (Å²) < 4.78 is 0. The molecule has 0 aliphatic rings. The Kier molecular flexibility index (Phi) is 27.2. The molecule has 0 nitrogen and oxygen atoms in total. The molecule has 0 aromatic heterocycles. The molecule has 0 fully saturated rings. The Bertz CT molecular complexity index is 145. The summed E-state index contributed by atoms with van der Waals surface area (Å²) in [4.78, 5) is 0. The van der Waals surface area contributed by atoms with Gasteiger partial charge in [-0.15, -0.1) is 36.0 Å². The molecule has 0 aromatic carbocycles. The molecule has 0 radical (unpaired) electrons. The Morgan fingerprint density at radius 2 is 1.71 bits per heavy atom. The summed E-state index contributed by atoms with van der Waals surface area (Å²) in [6.45, 7) is 2.52. The van der Waals surface area contributed by atoms with Crippen molar-refractivity contribution in [1.82, 2.24) is 0 Å². The van der Waals surface area contributed by atoms with Crippen molar-refractivity contribution in [3.05, 3.63) is 0 Å². The minimum Gasteiger partial charge on any atom is -0.153 e. The summed E-state index contributed by atoms with van der Waals surface area (Å²) in [5, 5.41) is 0.907. The number of hydrogen-bond donors (Lipinski definition) is 0. The number of hydrogen-bond acceptors (Lipinski definition) is 0. The lowest BCUT2D eigenvalue weighted by Crippen LogP contribution is -1.90. The minimum absolute atomic E-state index is 0. The van der Waals surface area contributed by atoms with Gasteiger partial charge in [-0.1, -0.05) is 55.9 Å². The fourth-order valence-electron chi connectivity index (χ4n) is 1.28. The molecule has 0 amide bonds. The smallest absolute Gasteiger partial charge is 0.00214 e. The van der Waals surface area contributed by atoms with E-state index >= 15 is 0 Å². The molecular formula is C8H31P9. The second-order valence-electron chi connectivity index (χ2n) is 3.36. The van der Waals surface area contributed by atoms with E-state index in [0.717, 1.165) is 21.3 Å². The van der Waals surface area contributed by atoms with Gasteiger partial charge in [0.25, 0.3) is 0 Å². The molecule has 0 saturated heterocycles. The summed E-state index contributed by atoms with van der Waals surface area (Å²) in [7, 11) is 14.6. The first kappa shape index (κ1) is 25.8. The van der Waals surface area contributed by atoms with Crippen LogP contribution < -0.4 is 0 Å². The molecular weight excluding hydrogens is 375 g/mol. The first-order valence-corrected chi connectivity index (χ1v) is 18.2. The molecule has 10 unspecified atom stereocenters. The third-order valence-corrected chi connectivity index (χ3v) is 36.8. The third kappa shape index (κ3) is 13.3. The van der Waals surface area contributed by atoms with Crippen LogP contribution in [0.15, 0.2) is 0 Å². The Labute approximate surface area is 128 Å². The monoisotopic (exact) mass is 406 g/mol. The van der Waals surface area contributed by atoms with Crippen molar-refractivity contribution >= 4 is 76.1 Å². The normalized spacial score (nSPS) is 16.8. The van der Waals surface area contributed by atoms with Gasteiger partial charge < -0.3 is 0 Å². The summed E-state index contributed by atoms with van der Waals surface area (Å²) in [6, 6.07) is 0. The van der Waals surface area contributed by atoms with Gasteiger partial charge in [0.1, 0.15) is 0 Å². The standard InChI is InChI=1S/C7H24P8.CH4.H3P/c1-2-3-4-5-6-7(8)14(12-9)15(11)13-10;;/h7,12-13H,2-6,8-11H2,1H3;1H4;1H3. The topological polar surface area (TPSA) is 0 Å². The maximum Gasteiger partial charge on any atom is 0.00214 e. The molecule has 0 aliphatic heterocycles. The minimum atomic E-state index is 0. The predicted octanol–water partition coefficient (Wildman–Crippen LogP) is 7.29. The summed E-state index contributed by atoms with van der Waals surface area (Å²) in [5.74, 6) is 0. The molecule has 0 spiro atoms. The van der Waals surface area contributed by atoms with Crippen LogP contribution in [0.3, 0.4) is 0 Å². The Balaban J connectivity index is -0.000000980. The summed E-state index contributed by atoms with van der Waals surface area (Å²) in [5.41, 5.74) is 0. The maximum atomic E-state index is 3.12. The van der Waals surface area contributed by atoms with E-state index in [2.05, 4.69) is 42.9 Å². The van der Waals surface area contributed by atoms with Crippen molar-refractivity contribution in [1.29, 1.82) is 0 Å². The average Bonchev–Trinajstić information content (AvgIpc) is 2.25. The van der Waals surface area contributed by atoms with E-state index in [-0.39, 0.29) is 31.6 Å². The molecule has 0 heterocycles. The van der Waals surface area contributed by atoms with E-state index in [4.69, 9.17) is 0 Å². The quantitative estimate of drug-likeness (QED) is 0.279. The largest absolute Gasteiger partial charge is 0.153 e. The van der Waals surface area contributed by atoms with E-state index in [1.807, 2.05) is 0 Å². The SMILES string of the molecule is C.CCCCCCC(P)P(PP)P(P)PP.P. The van der Waals surface area contributed by atoms with Crippen molar-refractivity contribution in [2.75, 3.05) is 0 Å². The van der Waals surface area contributed by atoms with Crippen LogP contribution in [0.25, 0.3) is 0 Å². The van der Waals surface area contributed by atoms with Gasteiger partial charge in [-0.3, -0.25) is 0 Å². The van der Waals surface area contributed by atoms with Crippen LogP contribution in [0.1, 0.15) is 46.5 Å². The van der Waals surface area contributed by atoms with Crippen LogP contribution >= 0.6 is 76.1 Å². The molecule has 10 atom stereocenters. The van der Waals surface area contributed by atoms with Crippen molar-refractivity contribution in [2.24, 2.45) is 0 Å². The number of unbranched alkanes of at least 4 members (excludes halogenated alkanes) is 3. The van der Waals surface area contributed by atoms with Gasteiger partial charge in [-0.05, 0) is 20.7 Å². The summed E-state index contributed by atoms with van der Waals surface area (Å²) >= 11 is 0.